The van der Waals surface area contributed by atoms with E-state index in [9.17, 15) is 9.59 Å². The second kappa shape index (κ2) is 11.0. The molecule has 0 radical (unpaired) electrons. The Morgan fingerprint density at radius 3 is 2.38 bits per heavy atom. The maximum Gasteiger partial charge on any atom is 0.322 e. The number of aromatic nitrogens is 1. The number of rotatable bonds is 9. The van der Waals surface area contributed by atoms with Crippen LogP contribution >= 0.6 is 15.9 Å². The highest BCUT2D eigenvalue weighted by molar-refractivity contribution is 9.10. The summed E-state index contributed by atoms with van der Waals surface area (Å²) in [6.45, 7) is 7.96. The Morgan fingerprint density at radius 1 is 1.14 bits per heavy atom. The van der Waals surface area contributed by atoms with Crippen molar-refractivity contribution in [1.82, 2.24) is 14.4 Å². The fraction of sp³-hybridized carbons (Fsp3) is 0.455. The molecule has 2 rings (SSSR count). The van der Waals surface area contributed by atoms with Crippen molar-refractivity contribution in [3.8, 4) is 0 Å². The molecule has 3 amide bonds. The van der Waals surface area contributed by atoms with Crippen molar-refractivity contribution in [1.29, 1.82) is 0 Å². The molecular formula is C22H31BrN4O2. The zero-order valence-electron chi connectivity index (χ0n) is 17.7. The van der Waals surface area contributed by atoms with Crippen LogP contribution in [-0.4, -0.2) is 45.9 Å². The standard InChI is InChI=1S/C22H31BrN4O2/c1-5-12-26(22(29)24-19-10-8-18(23)9-11-19)16-21(28)27(14-17(2)3)15-20-7-6-13-25(20)4/h6-11,13,17H,5,12,14-16H2,1-4H3,(H,24,29). The van der Waals surface area contributed by atoms with E-state index in [0.717, 1.165) is 16.6 Å². The first-order valence-corrected chi connectivity index (χ1v) is 10.8. The maximum atomic E-state index is 13.1. The zero-order valence-corrected chi connectivity index (χ0v) is 19.3. The molecule has 0 spiro atoms. The third-order valence-corrected chi connectivity index (χ3v) is 5.07. The number of anilines is 1. The van der Waals surface area contributed by atoms with Crippen molar-refractivity contribution >= 4 is 33.6 Å². The van der Waals surface area contributed by atoms with Crippen LogP contribution in [0.25, 0.3) is 0 Å². The van der Waals surface area contributed by atoms with Crippen LogP contribution in [0, 0.1) is 5.92 Å². The Labute approximate surface area is 182 Å². The summed E-state index contributed by atoms with van der Waals surface area (Å²) in [5.41, 5.74) is 1.77. The van der Waals surface area contributed by atoms with E-state index in [1.54, 1.807) is 4.90 Å². The van der Waals surface area contributed by atoms with Crippen molar-refractivity contribution in [3.63, 3.8) is 0 Å². The number of hydrogen-bond acceptors (Lipinski definition) is 2. The lowest BCUT2D eigenvalue weighted by Gasteiger charge is -2.29. The third-order valence-electron chi connectivity index (χ3n) is 4.54. The fourth-order valence-corrected chi connectivity index (χ4v) is 3.34. The van der Waals surface area contributed by atoms with E-state index >= 15 is 0 Å². The molecule has 1 N–H and O–H groups in total. The summed E-state index contributed by atoms with van der Waals surface area (Å²) in [4.78, 5) is 29.3. The molecule has 1 heterocycles. The summed E-state index contributed by atoms with van der Waals surface area (Å²) in [6.07, 6.45) is 2.76. The van der Waals surface area contributed by atoms with Crippen LogP contribution in [0.5, 0.6) is 0 Å². The number of urea groups is 1. The highest BCUT2D eigenvalue weighted by Gasteiger charge is 2.22. The van der Waals surface area contributed by atoms with E-state index in [-0.39, 0.29) is 18.5 Å². The molecule has 0 aliphatic rings. The van der Waals surface area contributed by atoms with E-state index in [4.69, 9.17) is 0 Å². The minimum Gasteiger partial charge on any atom is -0.353 e. The summed E-state index contributed by atoms with van der Waals surface area (Å²) >= 11 is 3.39. The Bertz CT molecular complexity index is 801. The van der Waals surface area contributed by atoms with Crippen molar-refractivity contribution < 1.29 is 9.59 Å². The smallest absolute Gasteiger partial charge is 0.322 e. The number of aryl methyl sites for hydroxylation is 1. The molecule has 0 unspecified atom stereocenters. The van der Waals surface area contributed by atoms with Gasteiger partial charge in [-0.1, -0.05) is 36.7 Å². The summed E-state index contributed by atoms with van der Waals surface area (Å²) in [6, 6.07) is 11.1. The van der Waals surface area contributed by atoms with E-state index in [1.165, 1.54) is 0 Å². The average molecular weight is 463 g/mol. The van der Waals surface area contributed by atoms with Crippen LogP contribution < -0.4 is 5.32 Å². The van der Waals surface area contributed by atoms with E-state index < -0.39 is 0 Å². The molecule has 6 nitrogen and oxygen atoms in total. The van der Waals surface area contributed by atoms with Gasteiger partial charge in [-0.15, -0.1) is 0 Å². The van der Waals surface area contributed by atoms with Crippen LogP contribution in [-0.2, 0) is 18.4 Å². The quantitative estimate of drug-likeness (QED) is 0.585. The summed E-state index contributed by atoms with van der Waals surface area (Å²) in [5.74, 6) is 0.301. The Kier molecular flexibility index (Phi) is 8.76. The van der Waals surface area contributed by atoms with E-state index in [2.05, 4.69) is 35.1 Å². The van der Waals surface area contributed by atoms with Crippen molar-refractivity contribution in [2.45, 2.75) is 33.7 Å². The van der Waals surface area contributed by atoms with Crippen LogP contribution in [0.1, 0.15) is 32.9 Å². The number of halogens is 1. The first-order valence-electron chi connectivity index (χ1n) is 9.99. The predicted octanol–water partition coefficient (Wildman–Crippen LogP) is 4.72. The lowest BCUT2D eigenvalue weighted by molar-refractivity contribution is -0.133. The number of amides is 3. The number of nitrogens with one attached hydrogen (secondary N) is 1. The first kappa shape index (κ1) is 23.0. The molecular weight excluding hydrogens is 432 g/mol. The Balaban J connectivity index is 2.08. The van der Waals surface area contributed by atoms with Gasteiger partial charge in [-0.3, -0.25) is 4.79 Å². The predicted molar refractivity (Wildman–Crippen MR) is 121 cm³/mol. The van der Waals surface area contributed by atoms with Crippen LogP contribution in [0.2, 0.25) is 0 Å². The van der Waals surface area contributed by atoms with Gasteiger partial charge in [0.25, 0.3) is 0 Å². The van der Waals surface area contributed by atoms with Crippen LogP contribution in [0.15, 0.2) is 47.1 Å². The summed E-state index contributed by atoms with van der Waals surface area (Å²) in [5, 5.41) is 2.89. The molecule has 158 valence electrons. The lowest BCUT2D eigenvalue weighted by atomic mass is 10.2. The van der Waals surface area contributed by atoms with Gasteiger partial charge in [-0.05, 0) is 48.7 Å². The van der Waals surface area contributed by atoms with Gasteiger partial charge in [-0.2, -0.15) is 0 Å². The highest BCUT2D eigenvalue weighted by atomic mass is 79.9. The van der Waals surface area contributed by atoms with Crippen molar-refractivity contribution in [3.05, 3.63) is 52.8 Å². The SMILES string of the molecule is CCCN(CC(=O)N(Cc1cccn1C)CC(C)C)C(=O)Nc1ccc(Br)cc1. The number of carbonyl (C=O) groups excluding carboxylic acids is 2. The second-order valence-corrected chi connectivity index (χ2v) is 8.55. The highest BCUT2D eigenvalue weighted by Crippen LogP contribution is 2.15. The molecule has 0 saturated heterocycles. The van der Waals surface area contributed by atoms with E-state index in [1.807, 2.05) is 66.0 Å². The van der Waals surface area contributed by atoms with Crippen molar-refractivity contribution in [2.75, 3.05) is 25.0 Å². The second-order valence-electron chi connectivity index (χ2n) is 7.64. The summed E-state index contributed by atoms with van der Waals surface area (Å²) < 4.78 is 2.96. The van der Waals surface area contributed by atoms with Gasteiger partial charge < -0.3 is 19.7 Å². The summed E-state index contributed by atoms with van der Waals surface area (Å²) in [7, 11) is 1.97. The third kappa shape index (κ3) is 7.24. The Morgan fingerprint density at radius 2 is 1.83 bits per heavy atom. The lowest BCUT2D eigenvalue weighted by Crippen LogP contribution is -2.45. The average Bonchev–Trinajstić information content (AvgIpc) is 3.07. The number of carbonyl (C=O) groups is 2. The molecule has 7 heteroatoms. The molecule has 29 heavy (non-hydrogen) atoms. The maximum absolute atomic E-state index is 13.1. The zero-order chi connectivity index (χ0) is 21.4. The molecule has 1 aromatic carbocycles. The largest absolute Gasteiger partial charge is 0.353 e. The van der Waals surface area contributed by atoms with Gasteiger partial charge in [0.1, 0.15) is 6.54 Å². The first-order chi connectivity index (χ1) is 13.8. The van der Waals surface area contributed by atoms with Crippen LogP contribution in [0.3, 0.4) is 0 Å². The normalized spacial score (nSPS) is 10.8. The monoisotopic (exact) mass is 462 g/mol. The molecule has 2 aromatic rings. The minimum atomic E-state index is -0.258. The Hall–Kier alpha value is -2.28. The number of nitrogens with zero attached hydrogens (tertiary/aromatic N) is 3. The number of benzene rings is 1. The van der Waals surface area contributed by atoms with Gasteiger partial charge in [0.2, 0.25) is 5.91 Å². The number of hydrogen-bond donors (Lipinski definition) is 1. The molecule has 0 atom stereocenters. The topological polar surface area (TPSA) is 57.6 Å². The van der Waals surface area contributed by atoms with Gasteiger partial charge in [0, 0.05) is 42.2 Å². The van der Waals surface area contributed by atoms with E-state index in [0.29, 0.717) is 31.2 Å². The van der Waals surface area contributed by atoms with Gasteiger partial charge in [0.05, 0.1) is 6.54 Å². The molecule has 0 saturated carbocycles. The van der Waals surface area contributed by atoms with Crippen LogP contribution in [0.4, 0.5) is 10.5 Å². The molecule has 0 fully saturated rings. The molecule has 0 aliphatic heterocycles. The van der Waals surface area contributed by atoms with Crippen molar-refractivity contribution in [2.24, 2.45) is 13.0 Å². The van der Waals surface area contributed by atoms with Gasteiger partial charge >= 0.3 is 6.03 Å². The van der Waals surface area contributed by atoms with Gasteiger partial charge in [-0.25, -0.2) is 4.79 Å². The molecule has 1 aromatic heterocycles. The minimum absolute atomic E-state index is 0.0423. The van der Waals surface area contributed by atoms with Gasteiger partial charge in [0.15, 0.2) is 0 Å². The fourth-order valence-electron chi connectivity index (χ4n) is 3.07. The molecule has 0 bridgehead atoms. The molecule has 0 aliphatic carbocycles.